The van der Waals surface area contributed by atoms with Gasteiger partial charge in [0.05, 0.1) is 12.1 Å². The number of pyridine rings is 1. The first-order valence-electron chi connectivity index (χ1n) is 12.1. The van der Waals surface area contributed by atoms with Crippen molar-refractivity contribution in [2.24, 2.45) is 23.2 Å². The zero-order chi connectivity index (χ0) is 22.5. The molecule has 1 aromatic heterocycles. The summed E-state index contributed by atoms with van der Waals surface area (Å²) < 4.78 is 13.9. The van der Waals surface area contributed by atoms with Gasteiger partial charge in [-0.15, -0.1) is 0 Å². The van der Waals surface area contributed by atoms with Crippen molar-refractivity contribution >= 4 is 11.5 Å². The molecule has 0 amide bonds. The number of nitrogens with zero attached hydrogens (tertiary/aromatic N) is 1. The molecule has 32 heavy (non-hydrogen) atoms. The van der Waals surface area contributed by atoms with Crippen LogP contribution in [0.4, 0.5) is 4.39 Å². The topological polar surface area (TPSA) is 50.2 Å². The van der Waals surface area contributed by atoms with E-state index in [1.165, 1.54) is 29.3 Å². The third-order valence-electron chi connectivity index (χ3n) is 8.71. The van der Waals surface area contributed by atoms with E-state index in [9.17, 15) is 14.3 Å². The van der Waals surface area contributed by atoms with Crippen molar-refractivity contribution in [3.63, 3.8) is 0 Å². The van der Waals surface area contributed by atoms with E-state index in [0.717, 1.165) is 36.8 Å². The van der Waals surface area contributed by atoms with Crippen molar-refractivity contribution in [1.29, 1.82) is 0 Å². The average Bonchev–Trinajstić information content (AvgIpc) is 3.14. The fourth-order valence-corrected chi connectivity index (χ4v) is 7.03. The Morgan fingerprint density at radius 1 is 1.28 bits per heavy atom. The quantitative estimate of drug-likeness (QED) is 0.592. The molecule has 3 nitrogen and oxygen atoms in total. The number of fused-ring (bicyclic) bond motifs is 5. The van der Waals surface area contributed by atoms with Gasteiger partial charge in [-0.2, -0.15) is 0 Å². The molecule has 4 heteroatoms. The highest BCUT2D eigenvalue weighted by atomic mass is 19.1. The van der Waals surface area contributed by atoms with Crippen molar-refractivity contribution in [2.45, 2.75) is 64.7 Å². The predicted molar refractivity (Wildman–Crippen MR) is 124 cm³/mol. The Labute approximate surface area is 189 Å². The van der Waals surface area contributed by atoms with Gasteiger partial charge in [-0.25, -0.2) is 4.39 Å². The molecule has 1 fully saturated rings. The van der Waals surface area contributed by atoms with E-state index in [0.29, 0.717) is 30.6 Å². The average molecular weight is 434 g/mol. The number of carboxylic acid groups (broad SMARTS) is 1. The van der Waals surface area contributed by atoms with Crippen LogP contribution in [0.3, 0.4) is 0 Å². The third-order valence-corrected chi connectivity index (χ3v) is 8.71. The largest absolute Gasteiger partial charge is 0.481 e. The van der Waals surface area contributed by atoms with Crippen LogP contribution in [0.1, 0.15) is 74.1 Å². The summed E-state index contributed by atoms with van der Waals surface area (Å²) >= 11 is 0. The van der Waals surface area contributed by atoms with Crippen molar-refractivity contribution in [3.8, 4) is 0 Å². The van der Waals surface area contributed by atoms with Gasteiger partial charge < -0.3 is 5.11 Å². The van der Waals surface area contributed by atoms with E-state index in [1.807, 2.05) is 13.1 Å². The van der Waals surface area contributed by atoms with Crippen LogP contribution in [0.5, 0.6) is 0 Å². The van der Waals surface area contributed by atoms with Crippen LogP contribution in [0.2, 0.25) is 0 Å². The van der Waals surface area contributed by atoms with Crippen LogP contribution in [0.15, 0.2) is 42.7 Å². The summed E-state index contributed by atoms with van der Waals surface area (Å²) in [6, 6.07) is 8.37. The number of rotatable bonds is 5. The molecule has 3 aliphatic rings. The van der Waals surface area contributed by atoms with Gasteiger partial charge in [0.15, 0.2) is 0 Å². The van der Waals surface area contributed by atoms with E-state index in [4.69, 9.17) is 0 Å². The Morgan fingerprint density at radius 2 is 2.12 bits per heavy atom. The standard InChI is InChI=1S/C28H32FNO2/c1-3-18(27(31)32)12-17-4-6-22-19(13-17)5-7-24-23(22)10-11-28(2)25(8-9-26(24)28)20-14-21(29)16-30-15-20/h4,6,8,13-16,18,23-24,26H,3,5,7,9-12H2,1-2H3,(H,31,32)/t18?,23-,24-,26+,28-/m1/s1. The summed E-state index contributed by atoms with van der Waals surface area (Å²) in [6.07, 6.45) is 12.3. The maximum Gasteiger partial charge on any atom is 0.306 e. The van der Waals surface area contributed by atoms with Crippen molar-refractivity contribution in [1.82, 2.24) is 4.98 Å². The van der Waals surface area contributed by atoms with E-state index in [2.05, 4.69) is 36.2 Å². The summed E-state index contributed by atoms with van der Waals surface area (Å²) in [5.74, 6) is 0.536. The van der Waals surface area contributed by atoms with Crippen molar-refractivity contribution in [2.75, 3.05) is 0 Å². The number of hydrogen-bond acceptors (Lipinski definition) is 2. The lowest BCUT2D eigenvalue weighted by Crippen LogP contribution is -2.41. The van der Waals surface area contributed by atoms with Crippen LogP contribution in [0, 0.1) is 29.0 Å². The lowest BCUT2D eigenvalue weighted by molar-refractivity contribution is -0.141. The van der Waals surface area contributed by atoms with E-state index in [1.54, 1.807) is 6.07 Å². The minimum atomic E-state index is -0.699. The summed E-state index contributed by atoms with van der Waals surface area (Å²) in [5.41, 5.74) is 6.38. The van der Waals surface area contributed by atoms with Gasteiger partial charge in [-0.1, -0.05) is 38.1 Å². The number of aliphatic carboxylic acids is 1. The molecule has 1 heterocycles. The smallest absolute Gasteiger partial charge is 0.306 e. The molecule has 0 bridgehead atoms. The van der Waals surface area contributed by atoms with Crippen LogP contribution in [-0.2, 0) is 17.6 Å². The molecule has 0 aliphatic heterocycles. The van der Waals surface area contributed by atoms with Gasteiger partial charge in [0, 0.05) is 6.20 Å². The molecule has 1 unspecified atom stereocenters. The second-order valence-electron chi connectivity index (χ2n) is 10.3. The monoisotopic (exact) mass is 433 g/mol. The fourth-order valence-electron chi connectivity index (χ4n) is 7.03. The van der Waals surface area contributed by atoms with Crippen molar-refractivity contribution < 1.29 is 14.3 Å². The van der Waals surface area contributed by atoms with Crippen LogP contribution in [-0.4, -0.2) is 16.1 Å². The van der Waals surface area contributed by atoms with Gasteiger partial charge in [-0.3, -0.25) is 9.78 Å². The van der Waals surface area contributed by atoms with Gasteiger partial charge in [0.25, 0.3) is 0 Å². The molecular formula is C28H32FNO2. The highest BCUT2D eigenvalue weighted by Crippen LogP contribution is 2.63. The maximum atomic E-state index is 13.9. The first kappa shape index (κ1) is 21.4. The minimum Gasteiger partial charge on any atom is -0.481 e. The van der Waals surface area contributed by atoms with E-state index in [-0.39, 0.29) is 17.2 Å². The Bertz CT molecular complexity index is 1080. The fraction of sp³-hybridized carbons (Fsp3) is 0.500. The van der Waals surface area contributed by atoms with Gasteiger partial charge in [-0.05, 0) is 102 Å². The molecule has 3 aliphatic carbocycles. The molecule has 0 radical (unpaired) electrons. The minimum absolute atomic E-state index is 0.0872. The van der Waals surface area contributed by atoms with Crippen molar-refractivity contribution in [3.05, 3.63) is 70.8 Å². The molecule has 1 aromatic carbocycles. The molecule has 1 N–H and O–H groups in total. The SMILES string of the molecule is CCC(Cc1ccc2c(c1)CC[C@@H]1[C@@H]2CC[C@]2(C)C(c3cncc(F)c3)=CC[C@@H]12)C(=O)O. The summed E-state index contributed by atoms with van der Waals surface area (Å²) in [4.78, 5) is 15.6. The van der Waals surface area contributed by atoms with Gasteiger partial charge >= 0.3 is 5.97 Å². The molecule has 5 atom stereocenters. The molecule has 0 saturated heterocycles. The number of allylic oxidation sites excluding steroid dienone is 2. The second kappa shape index (κ2) is 8.13. The Balaban J connectivity index is 1.38. The van der Waals surface area contributed by atoms with E-state index >= 15 is 0 Å². The van der Waals surface area contributed by atoms with Crippen LogP contribution >= 0.6 is 0 Å². The normalized spacial score (nSPS) is 29.5. The highest BCUT2D eigenvalue weighted by Gasteiger charge is 2.51. The van der Waals surface area contributed by atoms with Gasteiger partial charge in [0.2, 0.25) is 0 Å². The number of carbonyl (C=O) groups is 1. The summed E-state index contributed by atoms with van der Waals surface area (Å²) in [7, 11) is 0. The van der Waals surface area contributed by atoms with Gasteiger partial charge in [0.1, 0.15) is 5.82 Å². The van der Waals surface area contributed by atoms with E-state index < -0.39 is 5.97 Å². The zero-order valence-corrected chi connectivity index (χ0v) is 19.0. The third kappa shape index (κ3) is 3.48. The number of benzene rings is 1. The molecule has 0 spiro atoms. The summed E-state index contributed by atoms with van der Waals surface area (Å²) in [6.45, 7) is 4.33. The zero-order valence-electron chi connectivity index (χ0n) is 19.0. The first-order chi connectivity index (χ1) is 15.4. The Hall–Kier alpha value is -2.49. The number of carboxylic acids is 1. The molecule has 168 valence electrons. The second-order valence-corrected chi connectivity index (χ2v) is 10.3. The molecular weight excluding hydrogens is 401 g/mol. The number of aromatic nitrogens is 1. The van der Waals surface area contributed by atoms with Crippen LogP contribution < -0.4 is 0 Å². The molecule has 2 aromatic rings. The first-order valence-corrected chi connectivity index (χ1v) is 12.1. The number of halogens is 1. The molecule has 1 saturated carbocycles. The number of hydrogen-bond donors (Lipinski definition) is 1. The lowest BCUT2D eigenvalue weighted by atomic mass is 9.54. The summed E-state index contributed by atoms with van der Waals surface area (Å²) in [5, 5.41) is 9.43. The number of aryl methyl sites for hydroxylation is 1. The predicted octanol–water partition coefficient (Wildman–Crippen LogP) is 6.42. The Kier molecular flexibility index (Phi) is 5.43. The maximum absolute atomic E-state index is 13.9. The lowest BCUT2D eigenvalue weighted by Gasteiger charge is -2.50. The Morgan fingerprint density at radius 3 is 2.88 bits per heavy atom. The van der Waals surface area contributed by atoms with Crippen LogP contribution in [0.25, 0.3) is 5.57 Å². The molecule has 5 rings (SSSR count). The highest BCUT2D eigenvalue weighted by molar-refractivity contribution is 5.72.